The number of ketones is 1. The van der Waals surface area contributed by atoms with Gasteiger partial charge in [0.15, 0.2) is 11.5 Å². The smallest absolute Gasteiger partial charge is 0.229 e. The molecule has 3 heterocycles. The minimum atomic E-state index is -1.56. The van der Waals surface area contributed by atoms with Crippen LogP contribution in [0.2, 0.25) is 0 Å². The number of aliphatic hydroxyl groups excluding tert-OH is 5. The van der Waals surface area contributed by atoms with Crippen LogP contribution in [0.3, 0.4) is 0 Å². The average Bonchev–Trinajstić information content (AvgIpc) is 2.83. The summed E-state index contributed by atoms with van der Waals surface area (Å²) >= 11 is 0. The molecule has 0 aromatic heterocycles. The fourth-order valence-electron chi connectivity index (χ4n) is 4.11. The maximum atomic E-state index is 12.2. The lowest BCUT2D eigenvalue weighted by molar-refractivity contribution is -0.277. The Labute approximate surface area is 197 Å². The standard InChI is InChI=1S/C25H30O9/c26-13-21-22(29)23(30)24(31)25(34-21)33-19-10-5-15-2-7-17(28)12-16(27)6-1-14-3-8-18(9-4-14)32-20(19)11-15/h3-5,8-11,17,21-26,28-31H,1-2,6-7,12-13H2/t17?,21?,22-,23-,24?,25+/m0/s1. The first-order chi connectivity index (χ1) is 16.3. The number of ether oxygens (including phenoxy) is 3. The maximum Gasteiger partial charge on any atom is 0.229 e. The van der Waals surface area contributed by atoms with Crippen molar-refractivity contribution in [1.82, 2.24) is 0 Å². The topological polar surface area (TPSA) is 146 Å². The first kappa shape index (κ1) is 24.6. The number of aliphatic hydroxyl groups is 5. The predicted molar refractivity (Wildman–Crippen MR) is 120 cm³/mol. The zero-order valence-corrected chi connectivity index (χ0v) is 18.6. The van der Waals surface area contributed by atoms with Crippen molar-refractivity contribution in [2.45, 2.75) is 68.9 Å². The van der Waals surface area contributed by atoms with Gasteiger partial charge in [-0.25, -0.2) is 0 Å². The van der Waals surface area contributed by atoms with Crippen LogP contribution < -0.4 is 9.47 Å². The minimum Gasteiger partial charge on any atom is -0.458 e. The van der Waals surface area contributed by atoms with E-state index in [1.54, 1.807) is 30.3 Å². The van der Waals surface area contributed by atoms with E-state index in [2.05, 4.69) is 0 Å². The predicted octanol–water partition coefficient (Wildman–Crippen LogP) is 0.856. The first-order valence-corrected chi connectivity index (χ1v) is 11.4. The lowest BCUT2D eigenvalue weighted by Crippen LogP contribution is -2.60. The Bertz CT molecular complexity index is 975. The fourth-order valence-corrected chi connectivity index (χ4v) is 4.11. The average molecular weight is 475 g/mol. The molecular formula is C25H30O9. The number of benzene rings is 2. The molecule has 3 unspecified atom stereocenters. The van der Waals surface area contributed by atoms with E-state index in [0.717, 1.165) is 11.1 Å². The molecule has 5 N–H and O–H groups in total. The molecule has 9 heteroatoms. The van der Waals surface area contributed by atoms with Crippen molar-refractivity contribution < 1.29 is 44.5 Å². The van der Waals surface area contributed by atoms with Gasteiger partial charge in [-0.2, -0.15) is 0 Å². The lowest BCUT2D eigenvalue weighted by atomic mass is 9.99. The number of carbonyl (C=O) groups is 1. The number of rotatable bonds is 3. The van der Waals surface area contributed by atoms with Gasteiger partial charge < -0.3 is 39.7 Å². The Morgan fingerprint density at radius 1 is 0.882 bits per heavy atom. The van der Waals surface area contributed by atoms with E-state index in [-0.39, 0.29) is 18.0 Å². The van der Waals surface area contributed by atoms with Gasteiger partial charge in [-0.1, -0.05) is 18.2 Å². The van der Waals surface area contributed by atoms with Crippen LogP contribution in [0.4, 0.5) is 0 Å². The largest absolute Gasteiger partial charge is 0.458 e. The Morgan fingerprint density at radius 3 is 2.35 bits per heavy atom. The summed E-state index contributed by atoms with van der Waals surface area (Å²) in [6, 6.07) is 12.4. The van der Waals surface area contributed by atoms with Crippen molar-refractivity contribution in [2.24, 2.45) is 0 Å². The summed E-state index contributed by atoms with van der Waals surface area (Å²) in [5.41, 5.74) is 1.81. The molecule has 1 fully saturated rings. The van der Waals surface area contributed by atoms with Crippen LogP contribution in [-0.2, 0) is 22.4 Å². The SMILES string of the molecule is O=C1CCc2ccc(cc2)Oc2cc(ccc2O[C@@H]2OC(CO)[C@H](O)[C@H](O)C2O)CCC(O)C1. The highest BCUT2D eigenvalue weighted by molar-refractivity contribution is 5.79. The molecule has 3 aliphatic rings. The summed E-state index contributed by atoms with van der Waals surface area (Å²) in [7, 11) is 0. The number of aryl methyl sites for hydroxylation is 2. The van der Waals surface area contributed by atoms with Crippen molar-refractivity contribution in [2.75, 3.05) is 6.61 Å². The van der Waals surface area contributed by atoms with Gasteiger partial charge in [0, 0.05) is 12.8 Å². The van der Waals surface area contributed by atoms with Gasteiger partial charge in [-0.3, -0.25) is 4.79 Å². The zero-order valence-electron chi connectivity index (χ0n) is 18.6. The monoisotopic (exact) mass is 474 g/mol. The molecule has 5 rings (SSSR count). The van der Waals surface area contributed by atoms with E-state index < -0.39 is 43.4 Å². The summed E-state index contributed by atoms with van der Waals surface area (Å²) in [4.78, 5) is 12.2. The summed E-state index contributed by atoms with van der Waals surface area (Å²) in [6.07, 6.45) is -5.85. The van der Waals surface area contributed by atoms with Crippen LogP contribution >= 0.6 is 0 Å². The van der Waals surface area contributed by atoms with E-state index in [1.807, 2.05) is 12.1 Å². The zero-order chi connectivity index (χ0) is 24.2. The molecule has 0 aliphatic carbocycles. The van der Waals surface area contributed by atoms with Crippen LogP contribution in [-0.4, -0.2) is 74.7 Å². The minimum absolute atomic E-state index is 0.0201. The number of hydrogen-bond acceptors (Lipinski definition) is 9. The third kappa shape index (κ3) is 5.75. The van der Waals surface area contributed by atoms with Gasteiger partial charge in [0.05, 0.1) is 12.7 Å². The van der Waals surface area contributed by atoms with Gasteiger partial charge in [-0.15, -0.1) is 0 Å². The molecule has 2 aromatic carbocycles. The van der Waals surface area contributed by atoms with E-state index in [9.17, 15) is 30.3 Å². The first-order valence-electron chi connectivity index (χ1n) is 11.4. The number of carbonyl (C=O) groups excluding carboxylic acids is 1. The molecule has 0 spiro atoms. The Balaban J connectivity index is 1.61. The van der Waals surface area contributed by atoms with Crippen LogP contribution in [0.5, 0.6) is 17.2 Å². The fraction of sp³-hybridized carbons (Fsp3) is 0.480. The Morgan fingerprint density at radius 2 is 1.62 bits per heavy atom. The summed E-state index contributed by atoms with van der Waals surface area (Å²) in [5.74, 6) is 1.09. The lowest BCUT2D eigenvalue weighted by Gasteiger charge is -2.39. The van der Waals surface area contributed by atoms with E-state index in [1.165, 1.54) is 0 Å². The van der Waals surface area contributed by atoms with Crippen molar-refractivity contribution in [3.63, 3.8) is 0 Å². The third-order valence-electron chi connectivity index (χ3n) is 6.17. The molecule has 0 radical (unpaired) electrons. The van der Waals surface area contributed by atoms with Crippen molar-refractivity contribution in [3.8, 4) is 17.2 Å². The van der Waals surface area contributed by atoms with Gasteiger partial charge >= 0.3 is 0 Å². The number of fused-ring (bicyclic) bond motifs is 8. The quantitative estimate of drug-likeness (QED) is 0.437. The summed E-state index contributed by atoms with van der Waals surface area (Å²) < 4.78 is 17.3. The molecule has 3 aliphatic heterocycles. The Kier molecular flexibility index (Phi) is 7.82. The number of hydrogen-bond donors (Lipinski definition) is 5. The molecule has 9 nitrogen and oxygen atoms in total. The maximum absolute atomic E-state index is 12.2. The van der Waals surface area contributed by atoms with E-state index in [4.69, 9.17) is 14.2 Å². The molecule has 6 atom stereocenters. The van der Waals surface area contributed by atoms with Crippen molar-refractivity contribution in [1.29, 1.82) is 0 Å². The molecule has 184 valence electrons. The van der Waals surface area contributed by atoms with Crippen molar-refractivity contribution >= 4 is 5.78 Å². The molecule has 2 aromatic rings. The highest BCUT2D eigenvalue weighted by Crippen LogP contribution is 2.36. The van der Waals surface area contributed by atoms with Crippen LogP contribution in [0.25, 0.3) is 0 Å². The van der Waals surface area contributed by atoms with Gasteiger partial charge in [0.2, 0.25) is 6.29 Å². The molecule has 0 amide bonds. The highest BCUT2D eigenvalue weighted by Gasteiger charge is 2.45. The van der Waals surface area contributed by atoms with Gasteiger partial charge in [-0.05, 0) is 54.7 Å². The van der Waals surface area contributed by atoms with Gasteiger partial charge in [0.1, 0.15) is 35.9 Å². The molecule has 1 saturated heterocycles. The second kappa shape index (κ2) is 10.8. The molecule has 4 bridgehead atoms. The van der Waals surface area contributed by atoms with E-state index >= 15 is 0 Å². The second-order valence-electron chi connectivity index (χ2n) is 8.78. The summed E-state index contributed by atoms with van der Waals surface area (Å²) in [5, 5.41) is 50.1. The van der Waals surface area contributed by atoms with Gasteiger partial charge in [0.25, 0.3) is 0 Å². The van der Waals surface area contributed by atoms with Crippen molar-refractivity contribution in [3.05, 3.63) is 53.6 Å². The number of Topliss-reactive ketones (excluding diaryl/α,β-unsaturated/α-hetero) is 1. The third-order valence-corrected chi connectivity index (χ3v) is 6.17. The second-order valence-corrected chi connectivity index (χ2v) is 8.78. The molecule has 0 saturated carbocycles. The Hall–Kier alpha value is -2.53. The molecular weight excluding hydrogens is 444 g/mol. The summed E-state index contributed by atoms with van der Waals surface area (Å²) in [6.45, 7) is -0.565. The molecule has 34 heavy (non-hydrogen) atoms. The highest BCUT2D eigenvalue weighted by atomic mass is 16.7. The normalized spacial score (nSPS) is 30.2. The van der Waals surface area contributed by atoms with Crippen LogP contribution in [0.15, 0.2) is 42.5 Å². The van der Waals surface area contributed by atoms with E-state index in [0.29, 0.717) is 37.2 Å². The van der Waals surface area contributed by atoms with Crippen LogP contribution in [0.1, 0.15) is 30.4 Å². The van der Waals surface area contributed by atoms with Crippen LogP contribution in [0, 0.1) is 0 Å².